The molecule has 0 spiro atoms. The first-order valence-corrected chi connectivity index (χ1v) is 8.96. The molecule has 2 nitrogen and oxygen atoms in total. The van der Waals surface area contributed by atoms with Crippen LogP contribution in [-0.2, 0) is 0 Å². The van der Waals surface area contributed by atoms with Crippen molar-refractivity contribution < 1.29 is 5.11 Å². The Bertz CT molecular complexity index is 115. The van der Waals surface area contributed by atoms with Crippen LogP contribution in [0, 0.1) is 0 Å². The Kier molecular flexibility index (Phi) is 9.54. The second kappa shape index (κ2) is 9.04. The maximum atomic E-state index is 9.10. The van der Waals surface area contributed by atoms with Crippen LogP contribution in [0.4, 0.5) is 0 Å². The molecule has 0 heterocycles. The summed E-state index contributed by atoms with van der Waals surface area (Å²) in [6.45, 7) is 10.3. The van der Waals surface area contributed by atoms with Gasteiger partial charge in [0.2, 0.25) is 0 Å². The standard InChI is InChI=1S/C10H25NOP2/c1-5-13(6-2)11(9-10-12)14(7-3)8-4/h12H,5-10H2,1-4H3. The average molecular weight is 237 g/mol. The van der Waals surface area contributed by atoms with Crippen molar-refractivity contribution in [2.24, 2.45) is 0 Å². The highest BCUT2D eigenvalue weighted by molar-refractivity contribution is 7.70. The molecule has 0 radical (unpaired) electrons. The van der Waals surface area contributed by atoms with Gasteiger partial charge in [0.15, 0.2) is 0 Å². The molecule has 0 aromatic heterocycles. The fraction of sp³-hybridized carbons (Fsp3) is 1.00. The number of aliphatic hydroxyl groups excluding tert-OH is 1. The third-order valence-electron chi connectivity index (χ3n) is 2.41. The summed E-state index contributed by atoms with van der Waals surface area (Å²) in [5.41, 5.74) is 0. The van der Waals surface area contributed by atoms with Gasteiger partial charge in [0.1, 0.15) is 0 Å². The molecule has 1 N–H and O–H groups in total. The summed E-state index contributed by atoms with van der Waals surface area (Å²) in [5.74, 6) is 0. The molecule has 0 amide bonds. The van der Waals surface area contributed by atoms with Gasteiger partial charge in [-0.05, 0) is 40.8 Å². The lowest BCUT2D eigenvalue weighted by Crippen LogP contribution is -2.20. The summed E-state index contributed by atoms with van der Waals surface area (Å²) >= 11 is 0. The molecule has 0 aliphatic carbocycles. The molecule has 4 heteroatoms. The maximum absolute atomic E-state index is 9.10. The molecule has 0 atom stereocenters. The summed E-state index contributed by atoms with van der Waals surface area (Å²) < 4.78 is 2.62. The fourth-order valence-corrected chi connectivity index (χ4v) is 7.55. The smallest absolute Gasteiger partial charge is 0.0565 e. The van der Waals surface area contributed by atoms with Crippen molar-refractivity contribution in [2.75, 3.05) is 37.8 Å². The van der Waals surface area contributed by atoms with Gasteiger partial charge in [-0.15, -0.1) is 0 Å². The van der Waals surface area contributed by atoms with E-state index in [0.29, 0.717) is 6.61 Å². The lowest BCUT2D eigenvalue weighted by molar-refractivity contribution is 0.285. The van der Waals surface area contributed by atoms with Gasteiger partial charge in [-0.3, -0.25) is 4.44 Å². The van der Waals surface area contributed by atoms with Gasteiger partial charge in [-0.2, -0.15) is 0 Å². The Hall–Kier alpha value is 0.780. The van der Waals surface area contributed by atoms with Crippen molar-refractivity contribution in [3.05, 3.63) is 0 Å². The molecule has 0 unspecified atom stereocenters. The van der Waals surface area contributed by atoms with E-state index in [0.717, 1.165) is 6.54 Å². The van der Waals surface area contributed by atoms with Crippen molar-refractivity contribution in [3.8, 4) is 0 Å². The first-order chi connectivity index (χ1) is 6.74. The first-order valence-electron chi connectivity index (χ1n) is 5.63. The summed E-state index contributed by atoms with van der Waals surface area (Å²) in [7, 11) is 0.0511. The van der Waals surface area contributed by atoms with Gasteiger partial charge >= 0.3 is 0 Å². The van der Waals surface area contributed by atoms with Gasteiger partial charge in [-0.1, -0.05) is 27.7 Å². The number of aliphatic hydroxyl groups is 1. The van der Waals surface area contributed by atoms with E-state index < -0.39 is 0 Å². The molecule has 0 aromatic carbocycles. The largest absolute Gasteiger partial charge is 0.395 e. The van der Waals surface area contributed by atoms with Crippen molar-refractivity contribution in [3.63, 3.8) is 0 Å². The van der Waals surface area contributed by atoms with E-state index in [1.165, 1.54) is 24.6 Å². The molecule has 86 valence electrons. The molecule has 0 rings (SSSR count). The first kappa shape index (κ1) is 14.8. The molecule has 0 fully saturated rings. The van der Waals surface area contributed by atoms with Crippen LogP contribution in [0.3, 0.4) is 0 Å². The summed E-state index contributed by atoms with van der Waals surface area (Å²) in [6, 6.07) is 0. The van der Waals surface area contributed by atoms with Gasteiger partial charge in [0.05, 0.1) is 6.61 Å². The molecule has 0 saturated carbocycles. The lowest BCUT2D eigenvalue weighted by Gasteiger charge is -2.36. The average Bonchev–Trinajstić information content (AvgIpc) is 2.21. The van der Waals surface area contributed by atoms with E-state index in [1.54, 1.807) is 0 Å². The minimum absolute atomic E-state index is 0.0256. The summed E-state index contributed by atoms with van der Waals surface area (Å²) in [5, 5.41) is 9.10. The van der Waals surface area contributed by atoms with E-state index in [-0.39, 0.29) is 16.1 Å². The van der Waals surface area contributed by atoms with Crippen LogP contribution >= 0.6 is 16.1 Å². The van der Waals surface area contributed by atoms with Crippen molar-refractivity contribution in [1.82, 2.24) is 4.44 Å². The predicted molar refractivity (Wildman–Crippen MR) is 69.8 cm³/mol. The molecular weight excluding hydrogens is 212 g/mol. The van der Waals surface area contributed by atoms with Crippen LogP contribution in [0.25, 0.3) is 0 Å². The van der Waals surface area contributed by atoms with Crippen LogP contribution < -0.4 is 0 Å². The Morgan fingerprint density at radius 2 is 1.21 bits per heavy atom. The third-order valence-corrected chi connectivity index (χ3v) is 8.56. The van der Waals surface area contributed by atoms with Crippen LogP contribution in [0.2, 0.25) is 0 Å². The number of nitrogens with zero attached hydrogens (tertiary/aromatic N) is 1. The van der Waals surface area contributed by atoms with E-state index in [4.69, 9.17) is 5.11 Å². The van der Waals surface area contributed by atoms with Crippen LogP contribution in [0.1, 0.15) is 27.7 Å². The van der Waals surface area contributed by atoms with Gasteiger partial charge in [-0.25, -0.2) is 0 Å². The van der Waals surface area contributed by atoms with E-state index in [9.17, 15) is 0 Å². The second-order valence-electron chi connectivity index (χ2n) is 3.10. The molecule has 0 aliphatic rings. The molecular formula is C10H25NOP2. The molecule has 0 aromatic rings. The quantitative estimate of drug-likeness (QED) is 0.655. The monoisotopic (exact) mass is 237 g/mol. The predicted octanol–water partition coefficient (Wildman–Crippen LogP) is 3.15. The van der Waals surface area contributed by atoms with Crippen molar-refractivity contribution in [1.29, 1.82) is 0 Å². The zero-order valence-corrected chi connectivity index (χ0v) is 11.8. The zero-order valence-electron chi connectivity index (χ0n) is 10.0. The Morgan fingerprint density at radius 1 is 0.857 bits per heavy atom. The minimum atomic E-state index is 0.0256. The SMILES string of the molecule is CCP(CC)N(CCO)P(CC)CC. The minimum Gasteiger partial charge on any atom is -0.395 e. The molecule has 0 aliphatic heterocycles. The molecule has 14 heavy (non-hydrogen) atoms. The van der Waals surface area contributed by atoms with Gasteiger partial charge in [0.25, 0.3) is 0 Å². The van der Waals surface area contributed by atoms with E-state index in [2.05, 4.69) is 32.1 Å². The zero-order chi connectivity index (χ0) is 11.0. The number of hydrogen-bond acceptors (Lipinski definition) is 2. The van der Waals surface area contributed by atoms with E-state index in [1.807, 2.05) is 0 Å². The Balaban J connectivity index is 4.36. The van der Waals surface area contributed by atoms with E-state index >= 15 is 0 Å². The topological polar surface area (TPSA) is 23.5 Å². The highest BCUT2D eigenvalue weighted by atomic mass is 31.2. The molecule has 0 bridgehead atoms. The summed E-state index contributed by atoms with van der Waals surface area (Å²) in [6.07, 6.45) is 5.07. The highest BCUT2D eigenvalue weighted by Gasteiger charge is 2.20. The Labute approximate surface area is 91.7 Å². The van der Waals surface area contributed by atoms with Crippen molar-refractivity contribution in [2.45, 2.75) is 27.7 Å². The third kappa shape index (κ3) is 4.53. The second-order valence-corrected chi connectivity index (χ2v) is 8.93. The maximum Gasteiger partial charge on any atom is 0.0565 e. The van der Waals surface area contributed by atoms with Crippen LogP contribution in [0.15, 0.2) is 0 Å². The number of rotatable bonds is 8. The summed E-state index contributed by atoms with van der Waals surface area (Å²) in [4.78, 5) is 0. The Morgan fingerprint density at radius 3 is 1.43 bits per heavy atom. The van der Waals surface area contributed by atoms with Crippen molar-refractivity contribution >= 4 is 16.1 Å². The lowest BCUT2D eigenvalue weighted by atomic mass is 10.8. The molecule has 0 saturated heterocycles. The van der Waals surface area contributed by atoms with Crippen LogP contribution in [0.5, 0.6) is 0 Å². The highest BCUT2D eigenvalue weighted by Crippen LogP contribution is 2.55. The van der Waals surface area contributed by atoms with Crippen LogP contribution in [-0.4, -0.2) is 47.3 Å². The number of hydrogen-bond donors (Lipinski definition) is 1. The fourth-order valence-electron chi connectivity index (χ4n) is 1.65. The van der Waals surface area contributed by atoms with Gasteiger partial charge in [0, 0.05) is 6.54 Å². The normalized spacial score (nSPS) is 12.0. The van der Waals surface area contributed by atoms with Gasteiger partial charge < -0.3 is 5.11 Å².